The van der Waals surface area contributed by atoms with E-state index < -0.39 is 0 Å². The Bertz CT molecular complexity index is 853. The summed E-state index contributed by atoms with van der Waals surface area (Å²) < 4.78 is 16.4. The first kappa shape index (κ1) is 23.6. The van der Waals surface area contributed by atoms with Crippen molar-refractivity contribution < 1.29 is 28.6 Å². The minimum Gasteiger partial charge on any atom is -0.493 e. The van der Waals surface area contributed by atoms with Crippen LogP contribution in [0.15, 0.2) is 12.1 Å². The van der Waals surface area contributed by atoms with Crippen LogP contribution in [0.25, 0.3) is 0 Å². The average Bonchev–Trinajstić information content (AvgIpc) is 3.04. The quantitative estimate of drug-likeness (QED) is 0.521. The van der Waals surface area contributed by atoms with Crippen LogP contribution in [0, 0.1) is 0 Å². The van der Waals surface area contributed by atoms with E-state index in [1.165, 1.54) is 9.80 Å². The zero-order valence-electron chi connectivity index (χ0n) is 19.3. The summed E-state index contributed by atoms with van der Waals surface area (Å²) in [4.78, 5) is 43.0. The van der Waals surface area contributed by atoms with Crippen LogP contribution in [0.2, 0.25) is 0 Å². The maximum absolute atomic E-state index is 12.6. The van der Waals surface area contributed by atoms with Crippen LogP contribution in [0.1, 0.15) is 18.4 Å². The topological polar surface area (TPSA) is 91.9 Å². The Morgan fingerprint density at radius 1 is 0.969 bits per heavy atom. The van der Waals surface area contributed by atoms with Gasteiger partial charge in [-0.05, 0) is 12.5 Å². The monoisotopic (exact) mass is 448 g/mol. The van der Waals surface area contributed by atoms with Crippen LogP contribution in [0.4, 0.5) is 4.79 Å². The zero-order chi connectivity index (χ0) is 23.3. The molecule has 0 bridgehead atoms. The number of imide groups is 1. The van der Waals surface area contributed by atoms with Gasteiger partial charge in [0.1, 0.15) is 6.54 Å². The molecular formula is C22H32N4O6. The van der Waals surface area contributed by atoms with Crippen molar-refractivity contribution in [2.24, 2.45) is 0 Å². The third-order valence-electron chi connectivity index (χ3n) is 5.91. The second kappa shape index (κ2) is 10.5. The fourth-order valence-corrected chi connectivity index (χ4v) is 4.12. The van der Waals surface area contributed by atoms with Crippen molar-refractivity contribution in [1.82, 2.24) is 19.6 Å². The fraction of sp³-hybridized carbons (Fsp3) is 0.591. The molecule has 0 aromatic heterocycles. The molecule has 1 aromatic rings. The lowest BCUT2D eigenvalue weighted by Crippen LogP contribution is -2.48. The molecule has 0 saturated carbocycles. The van der Waals surface area contributed by atoms with Crippen molar-refractivity contribution in [3.63, 3.8) is 0 Å². The van der Waals surface area contributed by atoms with Gasteiger partial charge in [0.15, 0.2) is 11.5 Å². The number of urea groups is 1. The van der Waals surface area contributed by atoms with Gasteiger partial charge in [0.05, 0.1) is 21.3 Å². The van der Waals surface area contributed by atoms with Crippen molar-refractivity contribution in [3.8, 4) is 17.2 Å². The molecule has 4 amide bonds. The number of benzene rings is 1. The fourth-order valence-electron chi connectivity index (χ4n) is 4.12. The maximum atomic E-state index is 12.6. The molecule has 1 aromatic carbocycles. The van der Waals surface area contributed by atoms with E-state index in [1.54, 1.807) is 28.4 Å². The first-order valence-electron chi connectivity index (χ1n) is 10.7. The van der Waals surface area contributed by atoms with E-state index in [4.69, 9.17) is 14.2 Å². The van der Waals surface area contributed by atoms with Gasteiger partial charge in [-0.15, -0.1) is 0 Å². The Kier molecular flexibility index (Phi) is 7.79. The molecule has 10 nitrogen and oxygen atoms in total. The van der Waals surface area contributed by atoms with Gasteiger partial charge in [-0.2, -0.15) is 0 Å². The molecule has 3 rings (SSSR count). The Labute approximate surface area is 188 Å². The Morgan fingerprint density at radius 3 is 2.22 bits per heavy atom. The molecule has 0 radical (unpaired) electrons. The van der Waals surface area contributed by atoms with Gasteiger partial charge in [0, 0.05) is 58.3 Å². The Balaban J connectivity index is 1.47. The molecule has 0 N–H and O–H groups in total. The number of hydrogen-bond donors (Lipinski definition) is 0. The summed E-state index contributed by atoms with van der Waals surface area (Å²) in [5, 5.41) is 0. The molecule has 2 fully saturated rings. The normalized spacial score (nSPS) is 17.2. The number of carbonyl (C=O) groups excluding carboxylic acids is 3. The maximum Gasteiger partial charge on any atom is 0.326 e. The number of amides is 4. The molecular weight excluding hydrogens is 416 g/mol. The highest BCUT2D eigenvalue weighted by atomic mass is 16.5. The van der Waals surface area contributed by atoms with Crippen molar-refractivity contribution >= 4 is 17.8 Å². The highest BCUT2D eigenvalue weighted by Gasteiger charge is 2.33. The number of hydrogen-bond acceptors (Lipinski definition) is 7. The van der Waals surface area contributed by atoms with E-state index in [2.05, 4.69) is 4.90 Å². The molecule has 2 aliphatic rings. The van der Waals surface area contributed by atoms with E-state index in [1.807, 2.05) is 17.0 Å². The van der Waals surface area contributed by atoms with Crippen molar-refractivity contribution in [2.45, 2.75) is 19.4 Å². The second-order valence-electron chi connectivity index (χ2n) is 7.94. The number of carbonyl (C=O) groups is 3. The molecule has 0 atom stereocenters. The Morgan fingerprint density at radius 2 is 1.66 bits per heavy atom. The van der Waals surface area contributed by atoms with Gasteiger partial charge < -0.3 is 24.0 Å². The van der Waals surface area contributed by atoms with E-state index in [0.29, 0.717) is 49.7 Å². The molecule has 2 heterocycles. The smallest absolute Gasteiger partial charge is 0.326 e. The van der Waals surface area contributed by atoms with Crippen LogP contribution in [-0.2, 0) is 16.1 Å². The van der Waals surface area contributed by atoms with Crippen LogP contribution >= 0.6 is 0 Å². The van der Waals surface area contributed by atoms with E-state index >= 15 is 0 Å². The van der Waals surface area contributed by atoms with Gasteiger partial charge in [-0.3, -0.25) is 19.4 Å². The molecule has 2 aliphatic heterocycles. The third kappa shape index (κ3) is 5.07. The number of piperazine rings is 1. The minimum atomic E-state index is -0.290. The SMILES string of the molecule is COc1ccc(CN2CCN(C(=O)CCCN3C(=O)CN(C)C3=O)CC2)c(OC)c1OC. The summed E-state index contributed by atoms with van der Waals surface area (Å²) in [5.41, 5.74) is 0.995. The van der Waals surface area contributed by atoms with Crippen LogP contribution in [0.3, 0.4) is 0 Å². The lowest BCUT2D eigenvalue weighted by atomic mass is 10.1. The van der Waals surface area contributed by atoms with Crippen molar-refractivity contribution in [1.29, 1.82) is 0 Å². The first-order chi connectivity index (χ1) is 15.4. The third-order valence-corrected chi connectivity index (χ3v) is 5.91. The second-order valence-corrected chi connectivity index (χ2v) is 7.94. The number of methoxy groups -OCH3 is 3. The zero-order valence-corrected chi connectivity index (χ0v) is 19.3. The standard InChI is InChI=1S/C22H32N4O6/c1-23-15-19(28)26(22(23)29)9-5-6-18(27)25-12-10-24(11-13-25)14-16-7-8-17(30-2)21(32-4)20(16)31-3/h7-8H,5-6,9-15H2,1-4H3. The van der Waals surface area contributed by atoms with Gasteiger partial charge >= 0.3 is 6.03 Å². The summed E-state index contributed by atoms with van der Waals surface area (Å²) in [6, 6.07) is 3.54. The van der Waals surface area contributed by atoms with Gasteiger partial charge in [0.2, 0.25) is 17.6 Å². The molecule has 176 valence electrons. The summed E-state index contributed by atoms with van der Waals surface area (Å²) >= 11 is 0. The summed E-state index contributed by atoms with van der Waals surface area (Å²) in [6.45, 7) is 3.84. The Hall–Kier alpha value is -3.01. The molecule has 32 heavy (non-hydrogen) atoms. The summed E-state index contributed by atoms with van der Waals surface area (Å²) in [6.07, 6.45) is 0.803. The summed E-state index contributed by atoms with van der Waals surface area (Å²) in [7, 11) is 6.38. The number of nitrogens with zero attached hydrogens (tertiary/aromatic N) is 4. The molecule has 0 unspecified atom stereocenters. The van der Waals surface area contributed by atoms with Crippen LogP contribution in [-0.4, -0.2) is 105 Å². The summed E-state index contributed by atoms with van der Waals surface area (Å²) in [5.74, 6) is 1.70. The molecule has 0 aliphatic carbocycles. The number of ether oxygens (including phenoxy) is 3. The highest BCUT2D eigenvalue weighted by molar-refractivity contribution is 6.01. The lowest BCUT2D eigenvalue weighted by molar-refractivity contribution is -0.133. The van der Waals surface area contributed by atoms with Crippen molar-refractivity contribution in [3.05, 3.63) is 17.7 Å². The van der Waals surface area contributed by atoms with Gasteiger partial charge in [-0.25, -0.2) is 4.79 Å². The van der Waals surface area contributed by atoms with Crippen LogP contribution < -0.4 is 14.2 Å². The predicted molar refractivity (Wildman–Crippen MR) is 117 cm³/mol. The highest BCUT2D eigenvalue weighted by Crippen LogP contribution is 2.40. The molecule has 2 saturated heterocycles. The lowest BCUT2D eigenvalue weighted by Gasteiger charge is -2.35. The largest absolute Gasteiger partial charge is 0.493 e. The van der Waals surface area contributed by atoms with E-state index in [-0.39, 0.29) is 30.9 Å². The van der Waals surface area contributed by atoms with Crippen LogP contribution in [0.5, 0.6) is 17.2 Å². The minimum absolute atomic E-state index is 0.0563. The molecule has 0 spiro atoms. The van der Waals surface area contributed by atoms with E-state index in [0.717, 1.165) is 18.7 Å². The van der Waals surface area contributed by atoms with Gasteiger partial charge in [-0.1, -0.05) is 6.07 Å². The number of rotatable bonds is 9. The molecule has 10 heteroatoms. The van der Waals surface area contributed by atoms with Crippen molar-refractivity contribution in [2.75, 3.05) is 67.6 Å². The predicted octanol–water partition coefficient (Wildman–Crippen LogP) is 1.03. The average molecular weight is 449 g/mol. The first-order valence-corrected chi connectivity index (χ1v) is 10.7. The van der Waals surface area contributed by atoms with E-state index in [9.17, 15) is 14.4 Å². The number of likely N-dealkylation sites (N-methyl/N-ethyl adjacent to an activating group) is 1. The van der Waals surface area contributed by atoms with Gasteiger partial charge in [0.25, 0.3) is 0 Å².